The van der Waals surface area contributed by atoms with E-state index in [1.165, 1.54) is 13.1 Å². The van der Waals surface area contributed by atoms with Gasteiger partial charge in [-0.15, -0.1) is 0 Å². The maximum absolute atomic E-state index is 12.6. The number of halogens is 1. The van der Waals surface area contributed by atoms with E-state index in [0.29, 0.717) is 12.3 Å². The van der Waals surface area contributed by atoms with Crippen molar-refractivity contribution in [1.29, 1.82) is 0 Å². The lowest BCUT2D eigenvalue weighted by atomic mass is 9.92. The molecule has 1 aliphatic heterocycles. The second kappa shape index (κ2) is 9.21. The third kappa shape index (κ3) is 5.66. The van der Waals surface area contributed by atoms with Crippen LogP contribution in [0, 0.1) is 5.92 Å². The molecule has 0 spiro atoms. The molecule has 2 N–H and O–H groups in total. The molecule has 0 bridgehead atoms. The van der Waals surface area contributed by atoms with E-state index in [4.69, 9.17) is 16.3 Å². The maximum Gasteiger partial charge on any atom is 0.327 e. The average molecular weight is 425 g/mol. The molecule has 1 aromatic heterocycles. The molecular formula is C19H25ClN4O5. The number of urea groups is 1. The van der Waals surface area contributed by atoms with Crippen LogP contribution in [0.25, 0.3) is 0 Å². The Bertz CT molecular complexity index is 816. The number of nitrogens with one attached hydrogen (secondary N) is 2. The molecule has 1 aliphatic rings. The van der Waals surface area contributed by atoms with Gasteiger partial charge in [-0.1, -0.05) is 25.4 Å². The van der Waals surface area contributed by atoms with Gasteiger partial charge in [0, 0.05) is 6.20 Å². The maximum atomic E-state index is 12.6. The van der Waals surface area contributed by atoms with Crippen molar-refractivity contribution in [2.45, 2.75) is 52.2 Å². The number of nitrogens with zero attached hydrogens (tertiary/aromatic N) is 2. The third-order valence-corrected chi connectivity index (χ3v) is 4.85. The highest BCUT2D eigenvalue weighted by atomic mass is 35.5. The van der Waals surface area contributed by atoms with Crippen LogP contribution in [0.15, 0.2) is 18.3 Å². The van der Waals surface area contributed by atoms with Crippen molar-refractivity contribution in [2.24, 2.45) is 5.92 Å². The molecule has 1 fully saturated rings. The minimum atomic E-state index is -1.16. The second-order valence-corrected chi connectivity index (χ2v) is 7.91. The van der Waals surface area contributed by atoms with E-state index in [9.17, 15) is 19.2 Å². The molecule has 9 nitrogen and oxygen atoms in total. The van der Waals surface area contributed by atoms with Gasteiger partial charge in [-0.25, -0.2) is 9.78 Å². The first-order valence-corrected chi connectivity index (χ1v) is 9.66. The van der Waals surface area contributed by atoms with Crippen molar-refractivity contribution in [3.63, 3.8) is 0 Å². The topological polar surface area (TPSA) is 118 Å². The Kier molecular flexibility index (Phi) is 7.18. The van der Waals surface area contributed by atoms with Gasteiger partial charge in [0.05, 0.1) is 5.69 Å². The predicted octanol–water partition coefficient (Wildman–Crippen LogP) is 2.35. The number of esters is 1. The Labute approximate surface area is 174 Å². The number of hydrogen-bond donors (Lipinski definition) is 2. The fourth-order valence-electron chi connectivity index (χ4n) is 2.77. The van der Waals surface area contributed by atoms with E-state index in [1.54, 1.807) is 19.1 Å². The van der Waals surface area contributed by atoms with Gasteiger partial charge in [-0.05, 0) is 44.7 Å². The lowest BCUT2D eigenvalue weighted by Crippen LogP contribution is -2.44. The smallest absolute Gasteiger partial charge is 0.327 e. The van der Waals surface area contributed by atoms with Crippen LogP contribution in [0.5, 0.6) is 0 Å². The SMILES string of the molecule is CC(C)CC[C@@]1(C)NC(=O)N(CC(=O)O[C@H](C)C(=O)Nc2cccnc2Cl)C1=O. The van der Waals surface area contributed by atoms with E-state index >= 15 is 0 Å². The Balaban J connectivity index is 1.92. The van der Waals surface area contributed by atoms with Crippen LogP contribution < -0.4 is 10.6 Å². The summed E-state index contributed by atoms with van der Waals surface area (Å²) in [5, 5.41) is 5.23. The minimum Gasteiger partial charge on any atom is -0.451 e. The van der Waals surface area contributed by atoms with Crippen molar-refractivity contribution in [1.82, 2.24) is 15.2 Å². The summed E-state index contributed by atoms with van der Waals surface area (Å²) in [6, 6.07) is 2.48. The number of amides is 4. The van der Waals surface area contributed by atoms with Crippen LogP contribution in [0.3, 0.4) is 0 Å². The summed E-state index contributed by atoms with van der Waals surface area (Å²) in [5.41, 5.74) is -0.779. The van der Waals surface area contributed by atoms with Gasteiger partial charge in [0.25, 0.3) is 11.8 Å². The average Bonchev–Trinajstić information content (AvgIpc) is 2.85. The van der Waals surface area contributed by atoms with Gasteiger partial charge in [0.15, 0.2) is 11.3 Å². The summed E-state index contributed by atoms with van der Waals surface area (Å²) in [5.74, 6) is -1.61. The summed E-state index contributed by atoms with van der Waals surface area (Å²) >= 11 is 5.87. The van der Waals surface area contributed by atoms with Crippen LogP contribution in [0.2, 0.25) is 5.15 Å². The zero-order valence-electron chi connectivity index (χ0n) is 16.8. The lowest BCUT2D eigenvalue weighted by Gasteiger charge is -2.22. The van der Waals surface area contributed by atoms with E-state index in [2.05, 4.69) is 15.6 Å². The largest absolute Gasteiger partial charge is 0.451 e. The summed E-state index contributed by atoms with van der Waals surface area (Å²) in [6.07, 6.45) is 1.52. The number of anilines is 1. The molecule has 29 heavy (non-hydrogen) atoms. The van der Waals surface area contributed by atoms with Crippen molar-refractivity contribution in [3.8, 4) is 0 Å². The fraction of sp³-hybridized carbons (Fsp3) is 0.526. The monoisotopic (exact) mass is 424 g/mol. The standard InChI is InChI=1S/C19H25ClN4O5/c1-11(2)7-8-19(4)17(27)24(18(28)23-19)10-14(25)29-12(3)16(26)22-13-6-5-9-21-15(13)20/h5-6,9,11-12H,7-8,10H2,1-4H3,(H,22,26)(H,23,28)/t12-,19-/m1/s1. The van der Waals surface area contributed by atoms with Gasteiger partial charge in [-0.3, -0.25) is 19.3 Å². The molecule has 2 heterocycles. The highest BCUT2D eigenvalue weighted by Crippen LogP contribution is 2.24. The van der Waals surface area contributed by atoms with Crippen LogP contribution in [0.1, 0.15) is 40.5 Å². The minimum absolute atomic E-state index is 0.0967. The molecule has 0 unspecified atom stereocenters. The molecule has 0 aliphatic carbocycles. The molecular weight excluding hydrogens is 400 g/mol. The van der Waals surface area contributed by atoms with Gasteiger partial charge in [0.2, 0.25) is 0 Å². The Morgan fingerprint density at radius 2 is 2.03 bits per heavy atom. The van der Waals surface area contributed by atoms with Crippen molar-refractivity contribution < 1.29 is 23.9 Å². The van der Waals surface area contributed by atoms with Crippen molar-refractivity contribution in [3.05, 3.63) is 23.5 Å². The third-order valence-electron chi connectivity index (χ3n) is 4.55. The molecule has 2 rings (SSSR count). The normalized spacial score (nSPS) is 19.9. The highest BCUT2D eigenvalue weighted by molar-refractivity contribution is 6.32. The first-order valence-electron chi connectivity index (χ1n) is 9.28. The number of hydrogen-bond acceptors (Lipinski definition) is 6. The fourth-order valence-corrected chi connectivity index (χ4v) is 2.93. The van der Waals surface area contributed by atoms with Crippen molar-refractivity contribution >= 4 is 41.1 Å². The van der Waals surface area contributed by atoms with E-state index in [0.717, 1.165) is 11.3 Å². The Morgan fingerprint density at radius 3 is 2.66 bits per heavy atom. The zero-order valence-corrected chi connectivity index (χ0v) is 17.6. The van der Waals surface area contributed by atoms with Gasteiger partial charge < -0.3 is 15.4 Å². The lowest BCUT2D eigenvalue weighted by molar-refractivity contribution is -0.155. The quantitative estimate of drug-likeness (QED) is 0.375. The number of aromatic nitrogens is 1. The summed E-state index contributed by atoms with van der Waals surface area (Å²) < 4.78 is 5.06. The Hall–Kier alpha value is -2.68. The number of imide groups is 1. The van der Waals surface area contributed by atoms with Crippen LogP contribution in [0.4, 0.5) is 10.5 Å². The number of rotatable bonds is 8. The molecule has 1 aromatic rings. The summed E-state index contributed by atoms with van der Waals surface area (Å²) in [6.45, 7) is 6.47. The van der Waals surface area contributed by atoms with Crippen molar-refractivity contribution in [2.75, 3.05) is 11.9 Å². The molecule has 1 saturated heterocycles. The predicted molar refractivity (Wildman–Crippen MR) is 106 cm³/mol. The number of carbonyl (C=O) groups is 4. The van der Waals surface area contributed by atoms with E-state index < -0.39 is 42.0 Å². The zero-order chi connectivity index (χ0) is 21.8. The summed E-state index contributed by atoms with van der Waals surface area (Å²) in [4.78, 5) is 53.8. The Morgan fingerprint density at radius 1 is 1.34 bits per heavy atom. The first kappa shape index (κ1) is 22.6. The van der Waals surface area contributed by atoms with Crippen LogP contribution in [-0.2, 0) is 19.1 Å². The van der Waals surface area contributed by atoms with Gasteiger partial charge >= 0.3 is 12.0 Å². The molecule has 0 aromatic carbocycles. The molecule has 4 amide bonds. The number of pyridine rings is 1. The molecule has 2 atom stereocenters. The molecule has 158 valence electrons. The molecule has 0 radical (unpaired) electrons. The second-order valence-electron chi connectivity index (χ2n) is 7.55. The summed E-state index contributed by atoms with van der Waals surface area (Å²) in [7, 11) is 0. The van der Waals surface area contributed by atoms with Gasteiger partial charge in [0.1, 0.15) is 12.1 Å². The molecule has 0 saturated carbocycles. The van der Waals surface area contributed by atoms with E-state index in [1.807, 2.05) is 13.8 Å². The van der Waals surface area contributed by atoms with Crippen LogP contribution in [-0.4, -0.2) is 51.9 Å². The molecule has 10 heteroatoms. The van der Waals surface area contributed by atoms with Gasteiger partial charge in [-0.2, -0.15) is 0 Å². The first-order chi connectivity index (χ1) is 13.5. The van der Waals surface area contributed by atoms with E-state index in [-0.39, 0.29) is 10.8 Å². The van der Waals surface area contributed by atoms with Crippen LogP contribution >= 0.6 is 11.6 Å². The highest BCUT2D eigenvalue weighted by Gasteiger charge is 2.48. The number of ether oxygens (including phenoxy) is 1. The number of carbonyl (C=O) groups excluding carboxylic acids is 4.